The number of hydrogen-bond acceptors (Lipinski definition) is 3. The van der Waals surface area contributed by atoms with Crippen LogP contribution in [0.25, 0.3) is 0 Å². The molecule has 1 amide bonds. The maximum atomic E-state index is 13.6. The first-order chi connectivity index (χ1) is 13.1. The van der Waals surface area contributed by atoms with E-state index in [9.17, 15) is 4.79 Å². The molecule has 2 aromatic rings. The van der Waals surface area contributed by atoms with E-state index in [1.807, 2.05) is 66.5 Å². The van der Waals surface area contributed by atoms with Crippen LogP contribution in [0.1, 0.15) is 23.5 Å². The number of piperidine rings is 1. The molecule has 0 N–H and O–H groups in total. The van der Waals surface area contributed by atoms with Gasteiger partial charge in [0.25, 0.3) is 0 Å². The first-order valence-electron chi connectivity index (χ1n) is 9.54. The SMILES string of the molecule is CN(C(=O)C(c1ccccc1)c1ccc(Cl)cc1)C1CCN2CCOC1C2. The van der Waals surface area contributed by atoms with Crippen LogP contribution in [-0.4, -0.2) is 61.1 Å². The van der Waals surface area contributed by atoms with E-state index in [1.165, 1.54) is 0 Å². The van der Waals surface area contributed by atoms with Crippen molar-refractivity contribution in [3.05, 3.63) is 70.7 Å². The highest BCUT2D eigenvalue weighted by Crippen LogP contribution is 2.30. The number of carbonyl (C=O) groups excluding carboxylic acids is 1. The first-order valence-corrected chi connectivity index (χ1v) is 9.92. The summed E-state index contributed by atoms with van der Waals surface area (Å²) in [7, 11) is 1.92. The third-order valence-electron chi connectivity index (χ3n) is 5.78. The summed E-state index contributed by atoms with van der Waals surface area (Å²) < 4.78 is 5.99. The Morgan fingerprint density at radius 1 is 1.11 bits per heavy atom. The van der Waals surface area contributed by atoms with Crippen molar-refractivity contribution < 1.29 is 9.53 Å². The predicted octanol–water partition coefficient (Wildman–Crippen LogP) is 3.40. The van der Waals surface area contributed by atoms with E-state index in [0.717, 1.165) is 43.8 Å². The number of halogens is 1. The van der Waals surface area contributed by atoms with Crippen LogP contribution >= 0.6 is 11.6 Å². The lowest BCUT2D eigenvalue weighted by Gasteiger charge is -2.46. The number of likely N-dealkylation sites (N-methyl/N-ethyl adjacent to an activating group) is 1. The average Bonchev–Trinajstić information content (AvgIpc) is 2.70. The van der Waals surface area contributed by atoms with Crippen molar-refractivity contribution >= 4 is 17.5 Å². The minimum Gasteiger partial charge on any atom is -0.373 e. The largest absolute Gasteiger partial charge is 0.373 e. The summed E-state index contributed by atoms with van der Waals surface area (Å²) in [4.78, 5) is 18.0. The van der Waals surface area contributed by atoms with Gasteiger partial charge in [0, 0.05) is 31.7 Å². The highest BCUT2D eigenvalue weighted by atomic mass is 35.5. The van der Waals surface area contributed by atoms with Gasteiger partial charge in [-0.15, -0.1) is 0 Å². The number of benzene rings is 2. The monoisotopic (exact) mass is 384 g/mol. The molecule has 4 nitrogen and oxygen atoms in total. The summed E-state index contributed by atoms with van der Waals surface area (Å²) in [5.41, 5.74) is 1.96. The molecule has 4 rings (SSSR count). The predicted molar refractivity (Wildman–Crippen MR) is 107 cm³/mol. The second-order valence-electron chi connectivity index (χ2n) is 7.41. The minimum absolute atomic E-state index is 0.100. The Hall–Kier alpha value is -1.88. The Bertz CT molecular complexity index is 781. The standard InChI is InChI=1S/C22H25ClN2O2/c1-24(19-11-12-25-13-14-27-20(19)15-25)22(26)21(16-5-3-2-4-6-16)17-7-9-18(23)10-8-17/h2-10,19-21H,11-15H2,1H3. The Kier molecular flexibility index (Phi) is 5.48. The third kappa shape index (κ3) is 3.88. The van der Waals surface area contributed by atoms with Gasteiger partial charge in [0.1, 0.15) is 0 Å². The van der Waals surface area contributed by atoms with Crippen LogP contribution in [0.4, 0.5) is 0 Å². The van der Waals surface area contributed by atoms with E-state index in [2.05, 4.69) is 4.90 Å². The van der Waals surface area contributed by atoms with Gasteiger partial charge in [0.05, 0.1) is 24.7 Å². The number of amides is 1. The summed E-state index contributed by atoms with van der Waals surface area (Å²) in [6, 6.07) is 17.7. The highest BCUT2D eigenvalue weighted by molar-refractivity contribution is 6.30. The highest BCUT2D eigenvalue weighted by Gasteiger charge is 2.39. The number of hydrogen-bond donors (Lipinski definition) is 0. The molecular formula is C22H25ClN2O2. The molecule has 2 aliphatic heterocycles. The van der Waals surface area contributed by atoms with Crippen molar-refractivity contribution in [3.8, 4) is 0 Å². The smallest absolute Gasteiger partial charge is 0.234 e. The summed E-state index contributed by atoms with van der Waals surface area (Å²) in [5.74, 6) is -0.230. The number of ether oxygens (including phenoxy) is 1. The Labute approximate surface area is 165 Å². The lowest BCUT2D eigenvalue weighted by Crippen LogP contribution is -2.59. The number of fused-ring (bicyclic) bond motifs is 2. The summed E-state index contributed by atoms with van der Waals surface area (Å²) in [6.45, 7) is 3.69. The van der Waals surface area contributed by atoms with E-state index in [1.54, 1.807) is 0 Å². The molecule has 0 radical (unpaired) electrons. The molecule has 2 saturated heterocycles. The van der Waals surface area contributed by atoms with Crippen molar-refractivity contribution in [1.29, 1.82) is 0 Å². The molecule has 142 valence electrons. The van der Waals surface area contributed by atoms with Crippen LogP contribution in [-0.2, 0) is 9.53 Å². The Balaban J connectivity index is 1.63. The fourth-order valence-electron chi connectivity index (χ4n) is 4.26. The topological polar surface area (TPSA) is 32.8 Å². The average molecular weight is 385 g/mol. The molecule has 2 aliphatic rings. The van der Waals surface area contributed by atoms with E-state index in [-0.39, 0.29) is 24.0 Å². The van der Waals surface area contributed by atoms with Gasteiger partial charge < -0.3 is 9.64 Å². The molecule has 0 aromatic heterocycles. The maximum absolute atomic E-state index is 13.6. The Morgan fingerprint density at radius 3 is 2.56 bits per heavy atom. The molecule has 4 atom stereocenters. The van der Waals surface area contributed by atoms with Crippen molar-refractivity contribution in [2.45, 2.75) is 24.5 Å². The third-order valence-corrected chi connectivity index (χ3v) is 6.03. The zero-order valence-electron chi connectivity index (χ0n) is 15.6. The second-order valence-corrected chi connectivity index (χ2v) is 7.85. The molecule has 0 spiro atoms. The summed E-state index contributed by atoms with van der Waals surface area (Å²) >= 11 is 6.07. The second kappa shape index (κ2) is 8.01. The summed E-state index contributed by atoms with van der Waals surface area (Å²) in [6.07, 6.45) is 1.05. The molecule has 2 aromatic carbocycles. The molecule has 2 heterocycles. The molecule has 0 aliphatic carbocycles. The van der Waals surface area contributed by atoms with E-state index in [4.69, 9.17) is 16.3 Å². The van der Waals surface area contributed by atoms with Crippen LogP contribution in [0.15, 0.2) is 54.6 Å². The fraction of sp³-hybridized carbons (Fsp3) is 0.409. The van der Waals surface area contributed by atoms with Gasteiger partial charge in [-0.3, -0.25) is 9.69 Å². The van der Waals surface area contributed by atoms with Gasteiger partial charge in [-0.25, -0.2) is 0 Å². The van der Waals surface area contributed by atoms with Crippen LogP contribution in [0, 0.1) is 0 Å². The van der Waals surface area contributed by atoms with Crippen LogP contribution < -0.4 is 0 Å². The quantitative estimate of drug-likeness (QED) is 0.809. The Morgan fingerprint density at radius 2 is 1.81 bits per heavy atom. The van der Waals surface area contributed by atoms with Crippen molar-refractivity contribution in [2.75, 3.05) is 33.3 Å². The molecular weight excluding hydrogens is 360 g/mol. The number of nitrogens with zero attached hydrogens (tertiary/aromatic N) is 2. The first kappa shape index (κ1) is 18.5. The van der Waals surface area contributed by atoms with E-state index < -0.39 is 0 Å². The lowest BCUT2D eigenvalue weighted by atomic mass is 9.88. The van der Waals surface area contributed by atoms with Crippen molar-refractivity contribution in [2.24, 2.45) is 0 Å². The van der Waals surface area contributed by atoms with Gasteiger partial charge in [-0.1, -0.05) is 54.1 Å². The van der Waals surface area contributed by atoms with E-state index >= 15 is 0 Å². The van der Waals surface area contributed by atoms with Gasteiger partial charge in [-0.05, 0) is 29.7 Å². The normalized spacial score (nSPS) is 25.6. The van der Waals surface area contributed by atoms with Gasteiger partial charge in [0.2, 0.25) is 5.91 Å². The van der Waals surface area contributed by atoms with Crippen molar-refractivity contribution in [1.82, 2.24) is 9.80 Å². The molecule has 2 fully saturated rings. The zero-order valence-corrected chi connectivity index (χ0v) is 16.3. The van der Waals surface area contributed by atoms with E-state index in [0.29, 0.717) is 5.02 Å². The lowest BCUT2D eigenvalue weighted by molar-refractivity contribution is -0.143. The molecule has 2 bridgehead atoms. The minimum atomic E-state index is -0.338. The van der Waals surface area contributed by atoms with Gasteiger partial charge >= 0.3 is 0 Å². The fourth-order valence-corrected chi connectivity index (χ4v) is 4.38. The number of carbonyl (C=O) groups is 1. The van der Waals surface area contributed by atoms with Crippen LogP contribution in [0.3, 0.4) is 0 Å². The molecule has 4 unspecified atom stereocenters. The van der Waals surface area contributed by atoms with Crippen molar-refractivity contribution in [3.63, 3.8) is 0 Å². The molecule has 5 heteroatoms. The van der Waals surface area contributed by atoms with Gasteiger partial charge in [0.15, 0.2) is 0 Å². The maximum Gasteiger partial charge on any atom is 0.234 e. The number of rotatable bonds is 4. The molecule has 27 heavy (non-hydrogen) atoms. The number of morpholine rings is 1. The zero-order chi connectivity index (χ0) is 18.8. The summed E-state index contributed by atoms with van der Waals surface area (Å²) in [5, 5.41) is 0.675. The van der Waals surface area contributed by atoms with Crippen LogP contribution in [0.2, 0.25) is 5.02 Å². The van der Waals surface area contributed by atoms with Crippen LogP contribution in [0.5, 0.6) is 0 Å². The molecule has 0 saturated carbocycles. The van der Waals surface area contributed by atoms with Gasteiger partial charge in [-0.2, -0.15) is 0 Å².